The van der Waals surface area contributed by atoms with Crippen molar-refractivity contribution >= 4 is 40.9 Å². The van der Waals surface area contributed by atoms with Gasteiger partial charge in [-0.05, 0) is 25.2 Å². The van der Waals surface area contributed by atoms with Crippen LogP contribution in [0.5, 0.6) is 0 Å². The van der Waals surface area contributed by atoms with E-state index in [1.54, 1.807) is 11.6 Å². The second kappa shape index (κ2) is 3.70. The Labute approximate surface area is 119 Å². The Balaban J connectivity index is 1.83. The molecule has 1 saturated carbocycles. The zero-order valence-electron chi connectivity index (χ0n) is 9.98. The van der Waals surface area contributed by atoms with E-state index in [1.165, 1.54) is 29.2 Å². The first-order chi connectivity index (χ1) is 8.63. The molecule has 4 rings (SSSR count). The first kappa shape index (κ1) is 11.7. The molecule has 2 heterocycles. The van der Waals surface area contributed by atoms with Gasteiger partial charge in [-0.2, -0.15) is 5.10 Å². The van der Waals surface area contributed by atoms with E-state index in [0.29, 0.717) is 17.6 Å². The monoisotopic (exact) mass is 300 g/mol. The van der Waals surface area contributed by atoms with Crippen LogP contribution in [0.25, 0.3) is 0 Å². The number of aromatic nitrogens is 2. The highest BCUT2D eigenvalue weighted by molar-refractivity contribution is 8.20. The molecule has 2 atom stereocenters. The summed E-state index contributed by atoms with van der Waals surface area (Å²) in [5.74, 6) is 3.84. The molecule has 1 aromatic rings. The van der Waals surface area contributed by atoms with E-state index in [2.05, 4.69) is 5.10 Å². The van der Waals surface area contributed by atoms with Crippen LogP contribution in [0.2, 0.25) is 5.15 Å². The number of fused-ring (bicyclic) bond motifs is 5. The molecule has 1 aromatic heterocycles. The minimum atomic E-state index is 0.103. The third-order valence-electron chi connectivity index (χ3n) is 3.99. The molecular formula is C12H13ClN2OS2. The van der Waals surface area contributed by atoms with Gasteiger partial charge >= 0.3 is 0 Å². The maximum absolute atomic E-state index is 11.3. The largest absolute Gasteiger partial charge is 0.298 e. The highest BCUT2D eigenvalue weighted by Gasteiger charge is 2.65. The van der Waals surface area contributed by atoms with Gasteiger partial charge in [0.15, 0.2) is 5.78 Å². The summed E-state index contributed by atoms with van der Waals surface area (Å²) in [5, 5.41) is 5.37. The van der Waals surface area contributed by atoms with Crippen molar-refractivity contribution in [2.24, 2.45) is 5.92 Å². The van der Waals surface area contributed by atoms with Crippen molar-refractivity contribution in [3.8, 4) is 0 Å². The predicted octanol–water partition coefficient (Wildman–Crippen LogP) is 2.88. The number of hydrogen-bond acceptors (Lipinski definition) is 4. The Kier molecular flexibility index (Phi) is 2.40. The zero-order chi connectivity index (χ0) is 12.5. The van der Waals surface area contributed by atoms with Crippen LogP contribution in [0.3, 0.4) is 0 Å². The normalized spacial score (nSPS) is 30.6. The predicted molar refractivity (Wildman–Crippen MR) is 75.4 cm³/mol. The highest BCUT2D eigenvalue weighted by Crippen LogP contribution is 2.75. The SMILES string of the molecule is CC(=O)Cn1nc2c(c1Cl)[C@H]1CC1C21SCCS1. The number of rotatable bonds is 2. The lowest BCUT2D eigenvalue weighted by Gasteiger charge is -2.22. The minimum absolute atomic E-state index is 0.103. The van der Waals surface area contributed by atoms with Crippen molar-refractivity contribution in [2.75, 3.05) is 11.5 Å². The average molecular weight is 301 g/mol. The van der Waals surface area contributed by atoms with E-state index < -0.39 is 0 Å². The van der Waals surface area contributed by atoms with E-state index in [-0.39, 0.29) is 9.86 Å². The van der Waals surface area contributed by atoms with Gasteiger partial charge in [-0.3, -0.25) is 4.79 Å². The van der Waals surface area contributed by atoms with Crippen LogP contribution in [0.15, 0.2) is 0 Å². The van der Waals surface area contributed by atoms with Crippen LogP contribution in [0, 0.1) is 5.92 Å². The summed E-state index contributed by atoms with van der Waals surface area (Å²) in [6.07, 6.45) is 1.25. The van der Waals surface area contributed by atoms with E-state index in [0.717, 1.165) is 5.92 Å². The summed E-state index contributed by atoms with van der Waals surface area (Å²) in [7, 11) is 0. The standard InChI is InChI=1S/C12H13ClN2OS2/c1-6(16)5-15-11(13)9-7-4-8(7)12(10(9)14-15)17-2-3-18-12/h7-8H,2-5H2,1H3/t7-,8?/m0/s1. The summed E-state index contributed by atoms with van der Waals surface area (Å²) in [6, 6.07) is 0. The molecule has 3 nitrogen and oxygen atoms in total. The van der Waals surface area contributed by atoms with Crippen molar-refractivity contribution in [3.63, 3.8) is 0 Å². The molecule has 1 aliphatic heterocycles. The van der Waals surface area contributed by atoms with Crippen LogP contribution in [0.4, 0.5) is 0 Å². The number of hydrogen-bond donors (Lipinski definition) is 0. The van der Waals surface area contributed by atoms with Crippen molar-refractivity contribution < 1.29 is 4.79 Å². The van der Waals surface area contributed by atoms with Crippen molar-refractivity contribution in [2.45, 2.75) is 29.9 Å². The maximum atomic E-state index is 11.3. The Hall–Kier alpha value is -0.130. The first-order valence-corrected chi connectivity index (χ1v) is 8.52. The number of carbonyl (C=O) groups is 1. The zero-order valence-corrected chi connectivity index (χ0v) is 12.4. The van der Waals surface area contributed by atoms with Gasteiger partial charge in [0.25, 0.3) is 0 Å². The molecule has 0 amide bonds. The summed E-state index contributed by atoms with van der Waals surface area (Å²) >= 11 is 10.5. The number of Topliss-reactive ketones (excluding diaryl/α,β-unsaturated/α-hetero) is 1. The number of thioether (sulfide) groups is 2. The van der Waals surface area contributed by atoms with Crippen molar-refractivity contribution in [1.29, 1.82) is 0 Å². The lowest BCUT2D eigenvalue weighted by Crippen LogP contribution is -2.17. The average Bonchev–Trinajstić information content (AvgIpc) is 2.74. The summed E-state index contributed by atoms with van der Waals surface area (Å²) < 4.78 is 1.86. The smallest absolute Gasteiger partial charge is 0.151 e. The van der Waals surface area contributed by atoms with Gasteiger partial charge in [0.05, 0.1) is 5.69 Å². The Morgan fingerprint density at radius 2 is 2.28 bits per heavy atom. The fraction of sp³-hybridized carbons (Fsp3) is 0.667. The topological polar surface area (TPSA) is 34.9 Å². The lowest BCUT2D eigenvalue weighted by molar-refractivity contribution is -0.117. The molecule has 6 heteroatoms. The van der Waals surface area contributed by atoms with Crippen LogP contribution in [-0.2, 0) is 15.4 Å². The first-order valence-electron chi connectivity index (χ1n) is 6.17. The fourth-order valence-corrected chi connectivity index (χ4v) is 7.20. The number of halogens is 1. The molecule has 96 valence electrons. The van der Waals surface area contributed by atoms with Crippen LogP contribution >= 0.6 is 35.1 Å². The Morgan fingerprint density at radius 3 is 2.94 bits per heavy atom. The summed E-state index contributed by atoms with van der Waals surface area (Å²) in [4.78, 5) is 11.3. The number of carbonyl (C=O) groups excluding carboxylic acids is 1. The molecule has 1 spiro atoms. The quantitative estimate of drug-likeness (QED) is 0.841. The number of nitrogens with zero attached hydrogens (tertiary/aromatic N) is 2. The third-order valence-corrected chi connectivity index (χ3v) is 8.02. The van der Waals surface area contributed by atoms with E-state index in [9.17, 15) is 4.79 Å². The molecule has 0 aromatic carbocycles. The molecule has 0 radical (unpaired) electrons. The summed E-state index contributed by atoms with van der Waals surface area (Å²) in [6.45, 7) is 1.88. The van der Waals surface area contributed by atoms with Crippen molar-refractivity contribution in [3.05, 3.63) is 16.4 Å². The van der Waals surface area contributed by atoms with E-state index >= 15 is 0 Å². The molecule has 0 N–H and O–H groups in total. The Bertz CT molecular complexity index is 551. The number of ketones is 1. The third kappa shape index (κ3) is 1.36. The van der Waals surface area contributed by atoms with Gasteiger partial charge in [0.1, 0.15) is 15.8 Å². The van der Waals surface area contributed by atoms with Gasteiger partial charge in [-0.25, -0.2) is 4.68 Å². The van der Waals surface area contributed by atoms with Gasteiger partial charge in [-0.15, -0.1) is 23.5 Å². The minimum Gasteiger partial charge on any atom is -0.298 e. The Morgan fingerprint density at radius 1 is 1.56 bits per heavy atom. The second-order valence-corrected chi connectivity index (χ2v) is 8.52. The molecule has 18 heavy (non-hydrogen) atoms. The van der Waals surface area contributed by atoms with Crippen LogP contribution in [0.1, 0.15) is 30.5 Å². The lowest BCUT2D eigenvalue weighted by atomic mass is 10.2. The molecule has 3 aliphatic rings. The van der Waals surface area contributed by atoms with Crippen LogP contribution < -0.4 is 0 Å². The van der Waals surface area contributed by atoms with Crippen molar-refractivity contribution in [1.82, 2.24) is 9.78 Å². The second-order valence-electron chi connectivity index (χ2n) is 5.23. The maximum Gasteiger partial charge on any atom is 0.151 e. The van der Waals surface area contributed by atoms with Gasteiger partial charge < -0.3 is 0 Å². The molecule has 1 saturated heterocycles. The van der Waals surface area contributed by atoms with Gasteiger partial charge in [-0.1, -0.05) is 11.6 Å². The molecule has 2 aliphatic carbocycles. The fourth-order valence-electron chi connectivity index (χ4n) is 3.25. The van der Waals surface area contributed by atoms with E-state index in [4.69, 9.17) is 11.6 Å². The van der Waals surface area contributed by atoms with E-state index in [1.807, 2.05) is 23.5 Å². The highest BCUT2D eigenvalue weighted by atomic mass is 35.5. The van der Waals surface area contributed by atoms with Crippen LogP contribution in [-0.4, -0.2) is 27.1 Å². The summed E-state index contributed by atoms with van der Waals surface area (Å²) in [5.41, 5.74) is 2.41. The molecule has 0 bridgehead atoms. The molecule has 2 fully saturated rings. The van der Waals surface area contributed by atoms with Gasteiger partial charge in [0.2, 0.25) is 0 Å². The van der Waals surface area contributed by atoms with Gasteiger partial charge in [0, 0.05) is 17.1 Å². The molecular weight excluding hydrogens is 288 g/mol. The molecule has 1 unspecified atom stereocenters.